The van der Waals surface area contributed by atoms with Crippen molar-refractivity contribution in [2.75, 3.05) is 7.11 Å². The summed E-state index contributed by atoms with van der Waals surface area (Å²) in [5.74, 6) is 1.09. The van der Waals surface area contributed by atoms with Crippen LogP contribution in [0.2, 0.25) is 0 Å². The summed E-state index contributed by atoms with van der Waals surface area (Å²) >= 11 is 0. The van der Waals surface area contributed by atoms with Crippen LogP contribution in [-0.4, -0.2) is 7.11 Å². The van der Waals surface area contributed by atoms with E-state index in [1.54, 1.807) is 7.11 Å². The van der Waals surface area contributed by atoms with Crippen molar-refractivity contribution in [3.63, 3.8) is 0 Å². The second-order valence-electron chi connectivity index (χ2n) is 3.11. The molecule has 118 valence electrons. The fourth-order valence-electron chi connectivity index (χ4n) is 1.74. The van der Waals surface area contributed by atoms with Gasteiger partial charge in [-0.15, -0.1) is 6.58 Å². The molecule has 1 aliphatic rings. The van der Waals surface area contributed by atoms with Crippen LogP contribution in [0, 0.1) is 51.7 Å². The number of hydrogen-bond acceptors (Lipinski definition) is 1. The van der Waals surface area contributed by atoms with Crippen LogP contribution in [0.5, 0.6) is 0 Å². The zero-order valence-electron chi connectivity index (χ0n) is 12.1. The Balaban J connectivity index is -0.0000000500. The molecule has 2 atom stereocenters. The van der Waals surface area contributed by atoms with Crippen molar-refractivity contribution in [3.05, 3.63) is 52.5 Å². The third-order valence-electron chi connectivity index (χ3n) is 2.39. The fraction of sp³-hybridized carbons (Fsp3) is 0.467. The van der Waals surface area contributed by atoms with Crippen molar-refractivity contribution in [1.29, 1.82) is 0 Å². The summed E-state index contributed by atoms with van der Waals surface area (Å²) in [7, 11) is 1.68. The maximum atomic E-state index is 7.50. The first-order valence-electron chi connectivity index (χ1n) is 5.31. The molecule has 0 aromatic rings. The van der Waals surface area contributed by atoms with E-state index in [2.05, 4.69) is 46.4 Å². The Labute approximate surface area is 143 Å². The molecule has 0 aromatic carbocycles. The molecule has 6 nitrogen and oxygen atoms in total. The van der Waals surface area contributed by atoms with Crippen molar-refractivity contribution in [2.24, 2.45) is 11.8 Å². The third kappa shape index (κ3) is 27.3. The Morgan fingerprint density at radius 2 is 1.27 bits per heavy atom. The monoisotopic (exact) mass is 344 g/mol. The number of hydrogen-bond donors (Lipinski definition) is 0. The molecule has 0 amide bonds. The van der Waals surface area contributed by atoms with Crippen LogP contribution in [0.3, 0.4) is 0 Å². The standard InChI is InChI=1S/C10H16O.5CO.Cr/c1-3-9-6-4-5-7-10(9)8-11-2;5*1-2;/h3,9-10H,1,4-7H2,2H3;;;;;;/t9-,10+;;;;;;/m0....../s1. The van der Waals surface area contributed by atoms with E-state index >= 15 is 0 Å². The van der Waals surface area contributed by atoms with Crippen molar-refractivity contribution >= 4 is 0 Å². The summed E-state index contributed by atoms with van der Waals surface area (Å²) in [6.45, 7) is 29.3. The molecule has 0 heterocycles. The van der Waals surface area contributed by atoms with Gasteiger partial charge < -0.3 is 4.74 Å². The molecular formula is C15H16CrO6. The summed E-state index contributed by atoms with van der Waals surface area (Å²) in [5, 5.41) is 0. The van der Waals surface area contributed by atoms with Gasteiger partial charge in [0.1, 0.15) is 6.61 Å². The Morgan fingerprint density at radius 3 is 1.59 bits per heavy atom. The topological polar surface area (TPSA) is 109 Å². The molecule has 1 rings (SSSR count). The van der Waals surface area contributed by atoms with Crippen molar-refractivity contribution < 1.29 is 45.4 Å². The zero-order chi connectivity index (χ0) is 18.1. The molecule has 0 bridgehead atoms. The molecule has 0 aromatic heterocycles. The molecular weight excluding hydrogens is 328 g/mol. The third-order valence-corrected chi connectivity index (χ3v) is 2.39. The second-order valence-corrected chi connectivity index (χ2v) is 3.11. The van der Waals surface area contributed by atoms with Gasteiger partial charge in [0, 0.05) is 30.4 Å². The molecule has 22 heavy (non-hydrogen) atoms. The van der Waals surface area contributed by atoms with Gasteiger partial charge in [-0.3, -0.25) is 0 Å². The van der Waals surface area contributed by atoms with Crippen LogP contribution in [0.1, 0.15) is 25.7 Å². The van der Waals surface area contributed by atoms with Crippen LogP contribution in [0.15, 0.2) is 12.7 Å². The van der Waals surface area contributed by atoms with Crippen molar-refractivity contribution in [3.8, 4) is 0 Å². The van der Waals surface area contributed by atoms with Gasteiger partial charge in [0.25, 0.3) is 0 Å². The average molecular weight is 344 g/mol. The van der Waals surface area contributed by atoms with E-state index in [-0.39, 0.29) is 17.4 Å². The first kappa shape index (κ1) is 37.3. The first-order chi connectivity index (χ1) is 10.4. The SMILES string of the molecule is C=C[C@H]1CCCC[C@@H]1[C]OC.[C-]#[O+].[C-]#[O+].[C-]#[O+].[C-]#[O+].[C-]#[O+].[Cr]. The Bertz CT molecular complexity index is 256. The molecule has 0 saturated heterocycles. The molecule has 1 fully saturated rings. The molecule has 0 spiro atoms. The first-order valence-corrected chi connectivity index (χ1v) is 5.31. The Hall–Kier alpha value is -1.07. The Morgan fingerprint density at radius 1 is 0.909 bits per heavy atom. The summed E-state index contributed by atoms with van der Waals surface area (Å²) in [6.07, 6.45) is 7.15. The predicted octanol–water partition coefficient (Wildman–Crippen LogP) is 2.47. The maximum absolute atomic E-state index is 7.50. The van der Waals surface area contributed by atoms with Gasteiger partial charge in [0.2, 0.25) is 0 Å². The zero-order valence-corrected chi connectivity index (χ0v) is 13.4. The van der Waals surface area contributed by atoms with Crippen LogP contribution in [-0.2, 0) is 45.4 Å². The van der Waals surface area contributed by atoms with Crippen molar-refractivity contribution in [2.45, 2.75) is 25.7 Å². The number of methoxy groups -OCH3 is 1. The van der Waals surface area contributed by atoms with Gasteiger partial charge in [-0.1, -0.05) is 18.9 Å². The van der Waals surface area contributed by atoms with Gasteiger partial charge in [0.15, 0.2) is 0 Å². The van der Waals surface area contributed by atoms with E-state index in [1.807, 2.05) is 6.08 Å². The second kappa shape index (κ2) is 50.2. The quantitative estimate of drug-likeness (QED) is 0.437. The normalized spacial score (nSPS) is 16.3. The van der Waals surface area contributed by atoms with Gasteiger partial charge in [0.05, 0.1) is 0 Å². The van der Waals surface area contributed by atoms with Gasteiger partial charge in [-0.25, -0.2) is 0 Å². The van der Waals surface area contributed by atoms with E-state index in [9.17, 15) is 0 Å². The minimum absolute atomic E-state index is 0. The summed E-state index contributed by atoms with van der Waals surface area (Å²) in [4.78, 5) is 0. The van der Waals surface area contributed by atoms with E-state index in [1.165, 1.54) is 25.7 Å². The molecule has 1 saturated carbocycles. The predicted molar refractivity (Wildman–Crippen MR) is 65.5 cm³/mol. The number of allylic oxidation sites excluding steroid dienone is 1. The molecule has 7 heteroatoms. The van der Waals surface area contributed by atoms with E-state index in [0.29, 0.717) is 11.8 Å². The number of rotatable bonds is 3. The molecule has 0 aliphatic heterocycles. The fourth-order valence-corrected chi connectivity index (χ4v) is 1.74. The molecule has 0 N–H and O–H groups in total. The Kier molecular flexibility index (Phi) is 85.1. The molecule has 1 aliphatic carbocycles. The summed E-state index contributed by atoms with van der Waals surface area (Å²) in [6, 6.07) is 0. The average Bonchev–Trinajstić information content (AvgIpc) is 2.64. The van der Waals surface area contributed by atoms with Crippen LogP contribution in [0.4, 0.5) is 0 Å². The summed E-state index contributed by atoms with van der Waals surface area (Å²) < 4.78 is 42.4. The smallest absolute Gasteiger partial charge is 0 e. The van der Waals surface area contributed by atoms with Gasteiger partial charge in [-0.2, -0.15) is 0 Å². The van der Waals surface area contributed by atoms with Crippen molar-refractivity contribution in [1.82, 2.24) is 0 Å². The molecule has 2 radical (unpaired) electrons. The largest absolute Gasteiger partial charge is 0 e. The maximum Gasteiger partial charge on any atom is 0 e. The van der Waals surface area contributed by atoms with Gasteiger partial charge >= 0.3 is 56.5 Å². The van der Waals surface area contributed by atoms with E-state index < -0.39 is 0 Å². The van der Waals surface area contributed by atoms with Gasteiger partial charge in [-0.05, 0) is 18.8 Å². The number of ether oxygens (including phenoxy) is 1. The molecule has 0 unspecified atom stereocenters. The van der Waals surface area contributed by atoms with E-state index in [0.717, 1.165) is 0 Å². The van der Waals surface area contributed by atoms with Crippen LogP contribution in [0.25, 0.3) is 0 Å². The van der Waals surface area contributed by atoms with Crippen LogP contribution >= 0.6 is 0 Å². The van der Waals surface area contributed by atoms with Crippen LogP contribution < -0.4 is 0 Å². The van der Waals surface area contributed by atoms with E-state index in [4.69, 9.17) is 28.0 Å². The minimum atomic E-state index is 0. The summed E-state index contributed by atoms with van der Waals surface area (Å²) in [5.41, 5.74) is 0. The minimum Gasteiger partial charge on any atom is 0 e.